The van der Waals surface area contributed by atoms with Crippen molar-refractivity contribution in [3.8, 4) is 0 Å². The third kappa shape index (κ3) is 5.44. The Morgan fingerprint density at radius 3 is 2.73 bits per heavy atom. The van der Waals surface area contributed by atoms with Gasteiger partial charge in [0.05, 0.1) is 12.2 Å². The second kappa shape index (κ2) is 9.52. The van der Waals surface area contributed by atoms with Crippen LogP contribution in [-0.4, -0.2) is 18.5 Å². The molecule has 6 heteroatoms. The van der Waals surface area contributed by atoms with Gasteiger partial charge < -0.3 is 10.1 Å². The number of aryl methyl sites for hydroxylation is 1. The van der Waals surface area contributed by atoms with E-state index in [2.05, 4.69) is 26.1 Å². The monoisotopic (exact) mass is 447 g/mol. The molecular weight excluding hydrogens is 418 g/mol. The van der Waals surface area contributed by atoms with Crippen LogP contribution in [0.3, 0.4) is 0 Å². The minimum absolute atomic E-state index is 0.105. The van der Waals surface area contributed by atoms with Crippen LogP contribution in [0, 0.1) is 11.3 Å². The maximum atomic E-state index is 12.7. The minimum atomic E-state index is -0.339. The predicted octanol–water partition coefficient (Wildman–Crippen LogP) is 6.30. The molecule has 0 aliphatic heterocycles. The zero-order valence-electron chi connectivity index (χ0n) is 18.1. The molecule has 0 fully saturated rings. The Balaban J connectivity index is 1.78. The number of carbonyl (C=O) groups excluding carboxylic acids is 2. The predicted molar refractivity (Wildman–Crippen MR) is 124 cm³/mol. The maximum absolute atomic E-state index is 12.7. The lowest BCUT2D eigenvalue weighted by atomic mass is 9.72. The molecule has 0 spiro atoms. The summed E-state index contributed by atoms with van der Waals surface area (Å²) >= 11 is 7.56. The van der Waals surface area contributed by atoms with E-state index in [-0.39, 0.29) is 17.3 Å². The van der Waals surface area contributed by atoms with Gasteiger partial charge in [-0.05, 0) is 67.2 Å². The highest BCUT2D eigenvalue weighted by molar-refractivity contribution is 7.17. The van der Waals surface area contributed by atoms with Crippen LogP contribution in [0.2, 0.25) is 5.02 Å². The van der Waals surface area contributed by atoms with Gasteiger partial charge in [-0.1, -0.05) is 44.5 Å². The Morgan fingerprint density at radius 2 is 2.07 bits per heavy atom. The van der Waals surface area contributed by atoms with E-state index in [1.165, 1.54) is 16.2 Å². The molecule has 0 saturated carbocycles. The maximum Gasteiger partial charge on any atom is 0.341 e. The number of carbonyl (C=O) groups is 2. The van der Waals surface area contributed by atoms with Crippen LogP contribution in [-0.2, 0) is 28.8 Å². The minimum Gasteiger partial charge on any atom is -0.462 e. The topological polar surface area (TPSA) is 55.4 Å². The standard InChI is InChI=1S/C24H30ClNO3S/c1-5-29-23(28)21-18-11-10-16(24(2,3)4)14-19(18)30-22(21)26-20(27)12-9-15-7-6-8-17(25)13-15/h6-8,13,16H,5,9-12,14H2,1-4H3,(H,26,27). The third-order valence-corrected chi connectivity index (χ3v) is 7.16. The van der Waals surface area contributed by atoms with Gasteiger partial charge in [-0.25, -0.2) is 4.79 Å². The molecule has 1 heterocycles. The van der Waals surface area contributed by atoms with Gasteiger partial charge in [0.1, 0.15) is 5.00 Å². The highest BCUT2D eigenvalue weighted by Crippen LogP contribution is 2.44. The molecule has 0 radical (unpaired) electrons. The first-order valence-electron chi connectivity index (χ1n) is 10.5. The van der Waals surface area contributed by atoms with E-state index in [1.807, 2.05) is 24.3 Å². The first kappa shape index (κ1) is 22.8. The molecule has 162 valence electrons. The number of hydrogen-bond donors (Lipinski definition) is 1. The quantitative estimate of drug-likeness (QED) is 0.528. The van der Waals surface area contributed by atoms with Crippen LogP contribution >= 0.6 is 22.9 Å². The molecule has 1 aromatic heterocycles. The van der Waals surface area contributed by atoms with Gasteiger partial charge in [0, 0.05) is 16.3 Å². The summed E-state index contributed by atoms with van der Waals surface area (Å²) < 4.78 is 5.31. The number of nitrogens with one attached hydrogen (secondary N) is 1. The van der Waals surface area contributed by atoms with Gasteiger partial charge in [-0.15, -0.1) is 11.3 Å². The Labute approximate surface area is 188 Å². The van der Waals surface area contributed by atoms with Crippen molar-refractivity contribution in [3.63, 3.8) is 0 Å². The van der Waals surface area contributed by atoms with E-state index in [9.17, 15) is 9.59 Å². The molecule has 30 heavy (non-hydrogen) atoms. The van der Waals surface area contributed by atoms with E-state index in [1.54, 1.807) is 6.92 Å². The van der Waals surface area contributed by atoms with Crippen molar-refractivity contribution >= 4 is 39.8 Å². The second-order valence-electron chi connectivity index (χ2n) is 8.91. The van der Waals surface area contributed by atoms with Crippen LogP contribution in [0.1, 0.15) is 66.9 Å². The third-order valence-electron chi connectivity index (χ3n) is 5.75. The van der Waals surface area contributed by atoms with Gasteiger partial charge in [0.15, 0.2) is 0 Å². The van der Waals surface area contributed by atoms with Crippen LogP contribution in [0.15, 0.2) is 24.3 Å². The number of amides is 1. The molecule has 4 nitrogen and oxygen atoms in total. The molecule has 1 aliphatic carbocycles. The van der Waals surface area contributed by atoms with Gasteiger partial charge in [-0.2, -0.15) is 0 Å². The number of rotatable bonds is 6. The molecule has 1 aliphatic rings. The Kier molecular flexibility index (Phi) is 7.25. The molecule has 1 N–H and O–H groups in total. The summed E-state index contributed by atoms with van der Waals surface area (Å²) in [5, 5.41) is 4.28. The van der Waals surface area contributed by atoms with Gasteiger partial charge in [-0.3, -0.25) is 4.79 Å². The number of benzene rings is 1. The van der Waals surface area contributed by atoms with Crippen LogP contribution in [0.4, 0.5) is 5.00 Å². The SMILES string of the molecule is CCOC(=O)c1c(NC(=O)CCc2cccc(Cl)c2)sc2c1CCC(C(C)(C)C)C2. The summed E-state index contributed by atoms with van der Waals surface area (Å²) in [4.78, 5) is 26.5. The molecule has 1 atom stereocenters. The number of fused-ring (bicyclic) bond motifs is 1. The Morgan fingerprint density at radius 1 is 1.30 bits per heavy atom. The van der Waals surface area contributed by atoms with E-state index in [0.717, 1.165) is 30.4 Å². The second-order valence-corrected chi connectivity index (χ2v) is 10.5. The first-order valence-corrected chi connectivity index (χ1v) is 11.7. The average molecular weight is 448 g/mol. The molecule has 1 unspecified atom stereocenters. The van der Waals surface area contributed by atoms with Crippen LogP contribution < -0.4 is 5.32 Å². The number of thiophene rings is 1. The summed E-state index contributed by atoms with van der Waals surface area (Å²) in [7, 11) is 0. The fraction of sp³-hybridized carbons (Fsp3) is 0.500. The van der Waals surface area contributed by atoms with E-state index in [0.29, 0.717) is 41.0 Å². The summed E-state index contributed by atoms with van der Waals surface area (Å²) in [6.45, 7) is 8.91. The van der Waals surface area contributed by atoms with Crippen molar-refractivity contribution in [2.75, 3.05) is 11.9 Å². The van der Waals surface area contributed by atoms with Gasteiger partial charge >= 0.3 is 5.97 Å². The zero-order valence-corrected chi connectivity index (χ0v) is 19.7. The van der Waals surface area contributed by atoms with Gasteiger partial charge in [0.2, 0.25) is 5.91 Å². The Hall–Kier alpha value is -1.85. The smallest absolute Gasteiger partial charge is 0.341 e. The highest BCUT2D eigenvalue weighted by atomic mass is 35.5. The van der Waals surface area contributed by atoms with Crippen molar-refractivity contribution < 1.29 is 14.3 Å². The van der Waals surface area contributed by atoms with Crippen molar-refractivity contribution in [2.24, 2.45) is 11.3 Å². The summed E-state index contributed by atoms with van der Waals surface area (Å²) in [5.41, 5.74) is 2.85. The molecule has 0 saturated heterocycles. The highest BCUT2D eigenvalue weighted by Gasteiger charge is 2.34. The number of hydrogen-bond acceptors (Lipinski definition) is 4. The lowest BCUT2D eigenvalue weighted by molar-refractivity contribution is -0.116. The molecule has 3 rings (SSSR count). The Bertz CT molecular complexity index is 929. The fourth-order valence-corrected chi connectivity index (χ4v) is 5.52. The first-order chi connectivity index (χ1) is 14.2. The molecule has 0 bridgehead atoms. The molecular formula is C24H30ClNO3S. The number of halogens is 1. The largest absolute Gasteiger partial charge is 0.462 e. The normalized spacial score (nSPS) is 16.1. The van der Waals surface area contributed by atoms with Crippen molar-refractivity contribution in [1.82, 2.24) is 0 Å². The summed E-state index contributed by atoms with van der Waals surface area (Å²) in [6.07, 6.45) is 3.75. The van der Waals surface area contributed by atoms with E-state index < -0.39 is 0 Å². The van der Waals surface area contributed by atoms with Gasteiger partial charge in [0.25, 0.3) is 0 Å². The summed E-state index contributed by atoms with van der Waals surface area (Å²) in [6, 6.07) is 7.53. The van der Waals surface area contributed by atoms with Crippen LogP contribution in [0.25, 0.3) is 0 Å². The number of esters is 1. The lowest BCUT2D eigenvalue weighted by Gasteiger charge is -2.33. The number of ether oxygens (including phenoxy) is 1. The average Bonchev–Trinajstić information content (AvgIpc) is 3.03. The molecule has 2 aromatic rings. The fourth-order valence-electron chi connectivity index (χ4n) is 3.97. The molecule has 1 amide bonds. The number of anilines is 1. The lowest BCUT2D eigenvalue weighted by Crippen LogP contribution is -2.26. The van der Waals surface area contributed by atoms with Crippen molar-refractivity contribution in [1.29, 1.82) is 0 Å². The van der Waals surface area contributed by atoms with E-state index in [4.69, 9.17) is 16.3 Å². The summed E-state index contributed by atoms with van der Waals surface area (Å²) in [5.74, 6) is 0.117. The van der Waals surface area contributed by atoms with Crippen molar-refractivity contribution in [2.45, 2.75) is 59.8 Å². The van der Waals surface area contributed by atoms with E-state index >= 15 is 0 Å². The van der Waals surface area contributed by atoms with Crippen LogP contribution in [0.5, 0.6) is 0 Å². The zero-order chi connectivity index (χ0) is 21.9. The molecule has 1 aromatic carbocycles. The van der Waals surface area contributed by atoms with Crippen molar-refractivity contribution in [3.05, 3.63) is 50.9 Å².